The molecule has 0 heterocycles. The topological polar surface area (TPSA) is 55.4 Å². The number of nitrogens with one attached hydrogen (secondary N) is 1. The molecule has 0 radical (unpaired) electrons. The van der Waals surface area contributed by atoms with Crippen LogP contribution in [0.2, 0.25) is 0 Å². The summed E-state index contributed by atoms with van der Waals surface area (Å²) in [5.74, 6) is -0.353. The molecule has 1 amide bonds. The van der Waals surface area contributed by atoms with Gasteiger partial charge >= 0.3 is 5.97 Å². The van der Waals surface area contributed by atoms with Crippen molar-refractivity contribution >= 4 is 11.9 Å². The van der Waals surface area contributed by atoms with E-state index in [0.717, 1.165) is 5.56 Å². The number of benzene rings is 1. The second-order valence-corrected chi connectivity index (χ2v) is 8.62. The van der Waals surface area contributed by atoms with E-state index in [-0.39, 0.29) is 29.3 Å². The van der Waals surface area contributed by atoms with Gasteiger partial charge < -0.3 is 10.1 Å². The standard InChI is InChI=1S/C21H33NO3/c1-15(23)22-10-11-25-19(24)9-8-16-12-17(20(2,3)4)14-18(13-16)21(5,6)7/h12-14H,8-11H2,1-7H3,(H,22,23). The minimum Gasteiger partial charge on any atom is -0.464 e. The predicted molar refractivity (Wildman–Crippen MR) is 102 cm³/mol. The first-order valence-electron chi connectivity index (χ1n) is 8.94. The largest absolute Gasteiger partial charge is 0.464 e. The van der Waals surface area contributed by atoms with Gasteiger partial charge in [0.2, 0.25) is 5.91 Å². The van der Waals surface area contributed by atoms with Crippen LogP contribution in [-0.2, 0) is 31.6 Å². The molecule has 0 fully saturated rings. The zero-order valence-electron chi connectivity index (χ0n) is 16.8. The number of hydrogen-bond donors (Lipinski definition) is 1. The van der Waals surface area contributed by atoms with Crippen LogP contribution in [0.4, 0.5) is 0 Å². The fraction of sp³-hybridized carbons (Fsp3) is 0.619. The summed E-state index contributed by atoms with van der Waals surface area (Å²) in [6.07, 6.45) is 1.00. The van der Waals surface area contributed by atoms with Crippen molar-refractivity contribution in [1.29, 1.82) is 0 Å². The lowest BCUT2D eigenvalue weighted by molar-refractivity contribution is -0.143. The summed E-state index contributed by atoms with van der Waals surface area (Å²) in [6, 6.07) is 6.66. The quantitative estimate of drug-likeness (QED) is 0.627. The number of aryl methyl sites for hydroxylation is 1. The summed E-state index contributed by atoms with van der Waals surface area (Å²) in [6.45, 7) is 15.2. The zero-order chi connectivity index (χ0) is 19.3. The van der Waals surface area contributed by atoms with Crippen molar-refractivity contribution in [2.45, 2.75) is 72.1 Å². The van der Waals surface area contributed by atoms with Gasteiger partial charge in [0.1, 0.15) is 6.61 Å². The second-order valence-electron chi connectivity index (χ2n) is 8.62. The molecule has 140 valence electrons. The first-order chi connectivity index (χ1) is 11.4. The van der Waals surface area contributed by atoms with Crippen LogP contribution in [0.1, 0.15) is 71.6 Å². The molecule has 0 bridgehead atoms. The Hall–Kier alpha value is -1.84. The third-order valence-electron chi connectivity index (χ3n) is 4.08. The molecule has 1 rings (SSSR count). The molecule has 0 aliphatic rings. The van der Waals surface area contributed by atoms with Crippen molar-refractivity contribution in [3.63, 3.8) is 0 Å². The lowest BCUT2D eigenvalue weighted by Gasteiger charge is -2.26. The number of rotatable bonds is 6. The molecule has 0 aliphatic heterocycles. The van der Waals surface area contributed by atoms with Gasteiger partial charge in [0.25, 0.3) is 0 Å². The van der Waals surface area contributed by atoms with Crippen molar-refractivity contribution in [1.82, 2.24) is 5.32 Å². The highest BCUT2D eigenvalue weighted by atomic mass is 16.5. The predicted octanol–water partition coefficient (Wildman–Crippen LogP) is 3.89. The third-order valence-corrected chi connectivity index (χ3v) is 4.08. The Bertz CT molecular complexity index is 574. The summed E-state index contributed by atoms with van der Waals surface area (Å²) in [5.41, 5.74) is 3.86. The average Bonchev–Trinajstić information content (AvgIpc) is 2.47. The summed E-state index contributed by atoms with van der Waals surface area (Å²) in [4.78, 5) is 22.7. The Balaban J connectivity index is 2.74. The second kappa shape index (κ2) is 8.50. The van der Waals surface area contributed by atoms with Crippen LogP contribution in [0, 0.1) is 0 Å². The smallest absolute Gasteiger partial charge is 0.306 e. The monoisotopic (exact) mass is 347 g/mol. The SMILES string of the molecule is CC(=O)NCCOC(=O)CCc1cc(C(C)(C)C)cc(C(C)(C)C)c1. The van der Waals surface area contributed by atoms with Gasteiger partial charge in [-0.25, -0.2) is 0 Å². The molecule has 0 aliphatic carbocycles. The molecule has 1 aromatic carbocycles. The van der Waals surface area contributed by atoms with E-state index in [0.29, 0.717) is 19.4 Å². The van der Waals surface area contributed by atoms with Gasteiger partial charge in [-0.1, -0.05) is 59.7 Å². The molecule has 1 aromatic rings. The number of hydrogen-bond acceptors (Lipinski definition) is 3. The maximum absolute atomic E-state index is 11.9. The van der Waals surface area contributed by atoms with Crippen LogP contribution in [0.15, 0.2) is 18.2 Å². The Morgan fingerprint density at radius 1 is 0.960 bits per heavy atom. The Kier molecular flexibility index (Phi) is 7.21. The van der Waals surface area contributed by atoms with Crippen LogP contribution in [0.25, 0.3) is 0 Å². The Labute approximate surface area is 152 Å². The maximum atomic E-state index is 11.9. The summed E-state index contributed by atoms with van der Waals surface area (Å²) < 4.78 is 5.16. The lowest BCUT2D eigenvalue weighted by Crippen LogP contribution is -2.25. The fourth-order valence-corrected chi connectivity index (χ4v) is 2.41. The molecule has 0 atom stereocenters. The van der Waals surface area contributed by atoms with Gasteiger partial charge in [-0.2, -0.15) is 0 Å². The van der Waals surface area contributed by atoms with E-state index in [4.69, 9.17) is 4.74 Å². The van der Waals surface area contributed by atoms with E-state index in [1.807, 2.05) is 0 Å². The normalized spacial score (nSPS) is 12.0. The van der Waals surface area contributed by atoms with Crippen molar-refractivity contribution in [3.8, 4) is 0 Å². The molecule has 4 heteroatoms. The molecular formula is C21H33NO3. The molecule has 0 unspecified atom stereocenters. The van der Waals surface area contributed by atoms with Gasteiger partial charge in [-0.15, -0.1) is 0 Å². The van der Waals surface area contributed by atoms with E-state index in [1.54, 1.807) is 0 Å². The van der Waals surface area contributed by atoms with E-state index in [9.17, 15) is 9.59 Å². The van der Waals surface area contributed by atoms with Crippen molar-refractivity contribution in [2.75, 3.05) is 13.2 Å². The van der Waals surface area contributed by atoms with E-state index < -0.39 is 0 Å². The maximum Gasteiger partial charge on any atom is 0.306 e. The molecule has 4 nitrogen and oxygen atoms in total. The van der Waals surface area contributed by atoms with Crippen molar-refractivity contribution in [3.05, 3.63) is 34.9 Å². The Morgan fingerprint density at radius 3 is 1.92 bits per heavy atom. The van der Waals surface area contributed by atoms with Crippen molar-refractivity contribution in [2.24, 2.45) is 0 Å². The molecule has 0 saturated heterocycles. The summed E-state index contributed by atoms with van der Waals surface area (Å²) >= 11 is 0. The molecule has 0 spiro atoms. The van der Waals surface area contributed by atoms with E-state index in [1.165, 1.54) is 18.1 Å². The van der Waals surface area contributed by atoms with Crippen LogP contribution in [-0.4, -0.2) is 25.0 Å². The number of ether oxygens (including phenoxy) is 1. The molecule has 0 aromatic heterocycles. The molecule has 25 heavy (non-hydrogen) atoms. The highest BCUT2D eigenvalue weighted by molar-refractivity contribution is 5.73. The first kappa shape index (κ1) is 21.2. The van der Waals surface area contributed by atoms with Crippen molar-refractivity contribution < 1.29 is 14.3 Å². The fourth-order valence-electron chi connectivity index (χ4n) is 2.41. The Morgan fingerprint density at radius 2 is 1.48 bits per heavy atom. The highest BCUT2D eigenvalue weighted by Gasteiger charge is 2.20. The number of esters is 1. The van der Waals surface area contributed by atoms with Crippen LogP contribution in [0.5, 0.6) is 0 Å². The van der Waals surface area contributed by atoms with Gasteiger partial charge in [0, 0.05) is 13.3 Å². The van der Waals surface area contributed by atoms with Gasteiger partial charge in [-0.3, -0.25) is 9.59 Å². The molecule has 1 N–H and O–H groups in total. The summed E-state index contributed by atoms with van der Waals surface area (Å²) in [5, 5.41) is 2.61. The molecule has 0 saturated carbocycles. The number of carbonyl (C=O) groups excluding carboxylic acids is 2. The van der Waals surface area contributed by atoms with E-state index >= 15 is 0 Å². The van der Waals surface area contributed by atoms with Crippen LogP contribution >= 0.6 is 0 Å². The van der Waals surface area contributed by atoms with Gasteiger partial charge in [-0.05, 0) is 33.9 Å². The highest BCUT2D eigenvalue weighted by Crippen LogP contribution is 2.30. The molecular weight excluding hydrogens is 314 g/mol. The first-order valence-corrected chi connectivity index (χ1v) is 8.94. The van der Waals surface area contributed by atoms with E-state index in [2.05, 4.69) is 65.1 Å². The zero-order valence-corrected chi connectivity index (χ0v) is 16.8. The van der Waals surface area contributed by atoms with Crippen LogP contribution in [0.3, 0.4) is 0 Å². The average molecular weight is 347 g/mol. The van der Waals surface area contributed by atoms with Gasteiger partial charge in [0.15, 0.2) is 0 Å². The number of carbonyl (C=O) groups is 2. The van der Waals surface area contributed by atoms with Crippen LogP contribution < -0.4 is 5.32 Å². The number of amides is 1. The summed E-state index contributed by atoms with van der Waals surface area (Å²) in [7, 11) is 0. The minimum atomic E-state index is -0.233. The lowest BCUT2D eigenvalue weighted by atomic mass is 9.79. The van der Waals surface area contributed by atoms with Gasteiger partial charge in [0.05, 0.1) is 6.54 Å². The third kappa shape index (κ3) is 7.72. The minimum absolute atomic E-state index is 0.0644.